The van der Waals surface area contributed by atoms with Gasteiger partial charge in [-0.25, -0.2) is 0 Å². The molecule has 0 aromatic heterocycles. The van der Waals surface area contributed by atoms with Crippen LogP contribution in [0, 0.1) is 5.92 Å². The first-order valence-electron chi connectivity index (χ1n) is 10.5. The van der Waals surface area contributed by atoms with Crippen LogP contribution in [0.25, 0.3) is 0 Å². The molecular weight excluding hydrogens is 384 g/mol. The van der Waals surface area contributed by atoms with Crippen molar-refractivity contribution in [2.24, 2.45) is 5.92 Å². The first kappa shape index (κ1) is 23.3. The molecule has 9 heteroatoms. The lowest BCUT2D eigenvalue weighted by Gasteiger charge is -2.58. The second-order valence-corrected chi connectivity index (χ2v) is 7.89. The van der Waals surface area contributed by atoms with Crippen LogP contribution in [-0.2, 0) is 42.6 Å². The molecule has 0 aromatic carbocycles. The van der Waals surface area contributed by atoms with E-state index in [9.17, 15) is 0 Å². The molecule has 4 rings (SSSR count). The van der Waals surface area contributed by atoms with Crippen molar-refractivity contribution in [3.05, 3.63) is 0 Å². The smallest absolute Gasteiger partial charge is 0.272 e. The largest absolute Gasteiger partial charge is 0.382 e. The van der Waals surface area contributed by atoms with E-state index in [-0.39, 0.29) is 48.6 Å². The predicted molar refractivity (Wildman–Crippen MR) is 102 cm³/mol. The molecule has 9 nitrogen and oxygen atoms in total. The van der Waals surface area contributed by atoms with Gasteiger partial charge in [0.2, 0.25) is 0 Å². The minimum Gasteiger partial charge on any atom is -0.382 e. The monoisotopic (exact) mass is 420 g/mol. The van der Waals surface area contributed by atoms with Crippen molar-refractivity contribution in [3.63, 3.8) is 0 Å². The molecule has 4 fully saturated rings. The second kappa shape index (κ2) is 11.3. The summed E-state index contributed by atoms with van der Waals surface area (Å²) in [7, 11) is 3.32. The Morgan fingerprint density at radius 3 is 1.59 bits per heavy atom. The van der Waals surface area contributed by atoms with Crippen LogP contribution in [0.5, 0.6) is 0 Å². The van der Waals surface area contributed by atoms with E-state index in [0.29, 0.717) is 39.6 Å². The highest BCUT2D eigenvalue weighted by atomic mass is 16.9. The number of methoxy groups -OCH3 is 2. The summed E-state index contributed by atoms with van der Waals surface area (Å²) in [5.74, 6) is 0.142. The van der Waals surface area contributed by atoms with Crippen molar-refractivity contribution >= 4 is 0 Å². The van der Waals surface area contributed by atoms with E-state index in [1.807, 2.05) is 13.8 Å². The third kappa shape index (κ3) is 5.87. The van der Waals surface area contributed by atoms with Gasteiger partial charge in [-0.1, -0.05) is 6.92 Å². The summed E-state index contributed by atoms with van der Waals surface area (Å²) in [5, 5.41) is 0. The van der Waals surface area contributed by atoms with E-state index in [1.54, 1.807) is 14.2 Å². The lowest BCUT2D eigenvalue weighted by Crippen LogP contribution is -2.73. The van der Waals surface area contributed by atoms with E-state index in [0.717, 1.165) is 0 Å². The van der Waals surface area contributed by atoms with Crippen molar-refractivity contribution in [2.75, 3.05) is 53.9 Å². The van der Waals surface area contributed by atoms with Gasteiger partial charge in [0.1, 0.15) is 18.3 Å². The summed E-state index contributed by atoms with van der Waals surface area (Å²) in [5.41, 5.74) is 0. The maximum absolute atomic E-state index is 6.13. The number of ether oxygens (including phenoxy) is 9. The summed E-state index contributed by atoms with van der Waals surface area (Å²) in [6.07, 6.45) is -0.779. The summed E-state index contributed by atoms with van der Waals surface area (Å²) in [6.45, 7) is 8.38. The molecular formula is C20H36O9. The number of hydrogen-bond donors (Lipinski definition) is 0. The van der Waals surface area contributed by atoms with Crippen LogP contribution in [0.15, 0.2) is 0 Å². The Kier molecular flexibility index (Phi) is 9.09. The fourth-order valence-electron chi connectivity index (χ4n) is 4.20. The Bertz CT molecular complexity index is 441. The van der Waals surface area contributed by atoms with Gasteiger partial charge in [0.05, 0.1) is 64.1 Å². The van der Waals surface area contributed by atoms with E-state index in [1.165, 1.54) is 0 Å². The highest BCUT2D eigenvalue weighted by Gasteiger charge is 2.61. The minimum absolute atomic E-state index is 0.0264. The predicted octanol–water partition coefficient (Wildman–Crippen LogP) is 0.976. The van der Waals surface area contributed by atoms with Crippen molar-refractivity contribution < 1.29 is 42.6 Å². The van der Waals surface area contributed by atoms with Gasteiger partial charge in [0, 0.05) is 20.1 Å². The Balaban J connectivity index is 1.48. The summed E-state index contributed by atoms with van der Waals surface area (Å²) >= 11 is 0. The van der Waals surface area contributed by atoms with Crippen LogP contribution < -0.4 is 0 Å². The number of rotatable bonds is 14. The van der Waals surface area contributed by atoms with Gasteiger partial charge < -0.3 is 42.6 Å². The molecule has 170 valence electrons. The molecule has 1 aliphatic carbocycles. The molecule has 1 saturated carbocycles. The molecule has 0 N–H and O–H groups in total. The highest BCUT2D eigenvalue weighted by Crippen LogP contribution is 2.45. The van der Waals surface area contributed by atoms with Gasteiger partial charge in [-0.2, -0.15) is 0 Å². The molecule has 4 unspecified atom stereocenters. The van der Waals surface area contributed by atoms with Gasteiger partial charge in [-0.15, -0.1) is 0 Å². The van der Waals surface area contributed by atoms with Crippen molar-refractivity contribution in [3.8, 4) is 0 Å². The SMILES string of the molecule is COC[C@H](C)OCCOC1C2OC3O[C@@H]1C(OCCO[C@@H](C)COC)[C@@H](O3)[C@@H]2C. The molecule has 0 amide bonds. The van der Waals surface area contributed by atoms with E-state index < -0.39 is 6.48 Å². The third-order valence-corrected chi connectivity index (χ3v) is 5.53. The number of hydrogen-bond acceptors (Lipinski definition) is 9. The van der Waals surface area contributed by atoms with Crippen molar-refractivity contribution in [1.29, 1.82) is 0 Å². The van der Waals surface area contributed by atoms with E-state index in [2.05, 4.69) is 6.92 Å². The van der Waals surface area contributed by atoms with Gasteiger partial charge in [-0.3, -0.25) is 0 Å². The Morgan fingerprint density at radius 2 is 1.14 bits per heavy atom. The Hall–Kier alpha value is -0.360. The average molecular weight is 420 g/mol. The standard InChI is InChI=1S/C20H36O9/c1-12(10-21-4)23-6-8-25-17-15-14(3)16-18(19(17)29-20(27-15)28-16)26-9-7-24-13(2)11-22-5/h12-20H,6-11H2,1-5H3/t12-,13-,14-,15-,16?,17?,18?,19+,20?/m0/s1. The first-order chi connectivity index (χ1) is 14.0. The van der Waals surface area contributed by atoms with E-state index in [4.69, 9.17) is 42.6 Å². The molecule has 0 spiro atoms. The van der Waals surface area contributed by atoms with Gasteiger partial charge in [0.25, 0.3) is 6.48 Å². The molecule has 3 aliphatic heterocycles. The quantitative estimate of drug-likeness (QED) is 0.382. The van der Waals surface area contributed by atoms with Crippen LogP contribution >= 0.6 is 0 Å². The topological polar surface area (TPSA) is 83.1 Å². The lowest BCUT2D eigenvalue weighted by molar-refractivity contribution is -0.481. The zero-order valence-corrected chi connectivity index (χ0v) is 18.1. The Morgan fingerprint density at radius 1 is 0.690 bits per heavy atom. The average Bonchev–Trinajstić information content (AvgIpc) is 2.69. The summed E-state index contributed by atoms with van der Waals surface area (Å²) in [6, 6.07) is 0. The molecule has 4 aliphatic rings. The summed E-state index contributed by atoms with van der Waals surface area (Å²) < 4.78 is 51.4. The maximum atomic E-state index is 6.13. The van der Waals surface area contributed by atoms with Crippen molar-refractivity contribution in [2.45, 2.75) is 70.0 Å². The van der Waals surface area contributed by atoms with Gasteiger partial charge in [-0.05, 0) is 13.8 Å². The molecule has 3 saturated heterocycles. The fourth-order valence-corrected chi connectivity index (χ4v) is 4.20. The molecule has 29 heavy (non-hydrogen) atoms. The van der Waals surface area contributed by atoms with Crippen molar-refractivity contribution in [1.82, 2.24) is 0 Å². The van der Waals surface area contributed by atoms with Crippen LogP contribution in [0.2, 0.25) is 0 Å². The summed E-state index contributed by atoms with van der Waals surface area (Å²) in [4.78, 5) is 0. The highest BCUT2D eigenvalue weighted by molar-refractivity contribution is 5.05. The molecule has 0 radical (unpaired) electrons. The maximum Gasteiger partial charge on any atom is 0.272 e. The zero-order chi connectivity index (χ0) is 20.8. The van der Waals surface area contributed by atoms with Gasteiger partial charge in [0.15, 0.2) is 0 Å². The second-order valence-electron chi connectivity index (χ2n) is 7.89. The molecule has 0 aromatic rings. The zero-order valence-electron chi connectivity index (χ0n) is 18.1. The first-order valence-corrected chi connectivity index (χ1v) is 10.5. The minimum atomic E-state index is -0.637. The molecule has 9 atom stereocenters. The third-order valence-electron chi connectivity index (χ3n) is 5.53. The molecule has 4 bridgehead atoms. The van der Waals surface area contributed by atoms with Crippen LogP contribution in [0.3, 0.4) is 0 Å². The fraction of sp³-hybridized carbons (Fsp3) is 1.00. The van der Waals surface area contributed by atoms with Crippen LogP contribution in [0.1, 0.15) is 20.8 Å². The van der Waals surface area contributed by atoms with E-state index >= 15 is 0 Å². The normalized spacial score (nSPS) is 37.8. The van der Waals surface area contributed by atoms with Gasteiger partial charge >= 0.3 is 0 Å². The Labute approximate surface area is 173 Å². The van der Waals surface area contributed by atoms with Crippen LogP contribution in [-0.4, -0.2) is 103 Å². The van der Waals surface area contributed by atoms with Crippen LogP contribution in [0.4, 0.5) is 0 Å². The lowest BCUT2D eigenvalue weighted by atomic mass is 9.77. The molecule has 3 heterocycles.